The van der Waals surface area contributed by atoms with E-state index in [1.165, 1.54) is 25.6 Å². The average molecular weight is 1410 g/mol. The number of hydrogen-bond donors (Lipinski definition) is 20. The van der Waals surface area contributed by atoms with Crippen molar-refractivity contribution in [1.29, 1.82) is 0 Å². The van der Waals surface area contributed by atoms with Crippen molar-refractivity contribution in [3.05, 3.63) is 0 Å². The lowest BCUT2D eigenvalue weighted by molar-refractivity contribution is -0.143. The number of carboxylic acids is 5. The minimum Gasteiger partial charge on any atom is -0.481 e. The Bertz CT molecular complexity index is 2740. The number of hydrogen-bond acceptors (Lipinski definition) is 21. The van der Waals surface area contributed by atoms with Crippen molar-refractivity contribution in [2.75, 3.05) is 43.7 Å². The second-order valence-electron chi connectivity index (χ2n) is 22.6. The summed E-state index contributed by atoms with van der Waals surface area (Å²) in [7, 11) is 0. The lowest BCUT2D eigenvalue weighted by atomic mass is 10.0. The summed E-state index contributed by atoms with van der Waals surface area (Å²) in [6.07, 6.45) is -3.32. The lowest BCUT2D eigenvalue weighted by Crippen LogP contribution is -2.60. The molecule has 0 aliphatic carbocycles. The fourth-order valence-corrected chi connectivity index (χ4v) is 9.48. The number of carbonyl (C=O) groups excluding carboxylic acids is 12. The van der Waals surface area contributed by atoms with E-state index in [9.17, 15) is 107 Å². The Morgan fingerprint density at radius 2 is 0.719 bits per heavy atom. The predicted molar refractivity (Wildman–Crippen MR) is 345 cm³/mol. The zero-order valence-corrected chi connectivity index (χ0v) is 56.0. The van der Waals surface area contributed by atoms with Crippen molar-refractivity contribution in [1.82, 2.24) is 58.5 Å². The third kappa shape index (κ3) is 38.3. The van der Waals surface area contributed by atoms with Gasteiger partial charge in [-0.1, -0.05) is 27.7 Å². The first-order valence-corrected chi connectivity index (χ1v) is 33.2. The maximum atomic E-state index is 14.2. The summed E-state index contributed by atoms with van der Waals surface area (Å²) in [5, 5.41) is 73.7. The van der Waals surface area contributed by atoms with Crippen LogP contribution in [0.5, 0.6) is 0 Å². The zero-order valence-electron chi connectivity index (χ0n) is 54.3. The van der Waals surface area contributed by atoms with Gasteiger partial charge >= 0.3 is 29.8 Å². The molecule has 24 N–H and O–H groups in total. The van der Waals surface area contributed by atoms with Gasteiger partial charge in [-0.2, -0.15) is 23.5 Å². The summed E-state index contributed by atoms with van der Waals surface area (Å²) in [5.74, 6) is -20.4. The number of carbonyl (C=O) groups is 17. The molecule has 0 fully saturated rings. The summed E-state index contributed by atoms with van der Waals surface area (Å²) in [5.41, 5.74) is 21.7. The Morgan fingerprint density at radius 3 is 1.04 bits per heavy atom. The number of primary amides is 1. The maximum absolute atomic E-state index is 14.2. The van der Waals surface area contributed by atoms with Gasteiger partial charge in [0.25, 0.3) is 0 Å². The number of amides is 12. The quantitative estimate of drug-likeness (QED) is 0.0153. The maximum Gasteiger partial charge on any atom is 0.326 e. The monoisotopic (exact) mass is 1410 g/mol. The normalized spacial score (nSPS) is 14.1. The molecule has 40 heteroatoms. The molecule has 38 nitrogen and oxygen atoms in total. The van der Waals surface area contributed by atoms with Gasteiger partial charge < -0.3 is 107 Å². The summed E-state index contributed by atoms with van der Waals surface area (Å²) < 4.78 is 0. The number of thioether (sulfide) groups is 2. The first-order valence-electron chi connectivity index (χ1n) is 30.4. The molecule has 0 aromatic carbocycles. The molecule has 0 heterocycles. The van der Waals surface area contributed by atoms with Crippen molar-refractivity contribution in [2.45, 2.75) is 184 Å². The van der Waals surface area contributed by atoms with Crippen LogP contribution in [0.3, 0.4) is 0 Å². The van der Waals surface area contributed by atoms with E-state index in [4.69, 9.17) is 22.9 Å². The van der Waals surface area contributed by atoms with E-state index in [2.05, 4.69) is 63.5 Å². The van der Waals surface area contributed by atoms with E-state index in [0.717, 1.165) is 11.8 Å². The van der Waals surface area contributed by atoms with Gasteiger partial charge in [0, 0.05) is 38.6 Å². The van der Waals surface area contributed by atoms with Crippen LogP contribution < -0.4 is 81.4 Å². The van der Waals surface area contributed by atoms with Crippen LogP contribution in [-0.2, 0) is 81.5 Å². The molecule has 0 unspecified atom stereocenters. The smallest absolute Gasteiger partial charge is 0.326 e. The average Bonchev–Trinajstić information content (AvgIpc) is 0.997. The van der Waals surface area contributed by atoms with Gasteiger partial charge in [-0.05, 0) is 100 Å². The molecule has 0 aromatic heterocycles. The summed E-state index contributed by atoms with van der Waals surface area (Å²) >= 11 is 2.42. The number of nitrogens with two attached hydrogens (primary N) is 4. The molecule has 10 atom stereocenters. The van der Waals surface area contributed by atoms with Crippen LogP contribution in [0.1, 0.15) is 124 Å². The molecular weight excluding hydrogens is 1310 g/mol. The topological polar surface area (TPSA) is 640 Å². The van der Waals surface area contributed by atoms with E-state index in [0.29, 0.717) is 0 Å². The highest BCUT2D eigenvalue weighted by molar-refractivity contribution is 7.98. The number of nitrogens with zero attached hydrogens (tertiary/aromatic N) is 1. The van der Waals surface area contributed by atoms with Gasteiger partial charge in [0.1, 0.15) is 54.4 Å². The fourth-order valence-electron chi connectivity index (χ4n) is 8.54. The SMILES string of the molecule is CSCC[C@H](NC(=O)[C@H](CCC(=O)O)NC(=O)[C@H](CCC(=O)O)NC(=O)CNC(=O)[C@H](CCCN=C(N)N)NC(=O)[C@H](CC(C)C)NC(=O)CNC(=O)[C@@H](N)CCC(N)=O)C(=O)N[C@@H](CCC(=O)O)C(=O)N[C@@H](CCC(=O)O)C(=O)N[C@@H](CCSC)C(=O)N[C@H](C(=O)O)C(C)C. The second-order valence-corrected chi connectivity index (χ2v) is 24.6. The van der Waals surface area contributed by atoms with Crippen molar-refractivity contribution in [2.24, 2.45) is 39.8 Å². The van der Waals surface area contributed by atoms with Crippen LogP contribution >= 0.6 is 23.5 Å². The Hall–Kier alpha value is -9.08. The van der Waals surface area contributed by atoms with Gasteiger partial charge in [0.2, 0.25) is 70.9 Å². The number of aliphatic imine (C=N–C) groups is 1. The number of carboxylic acid groups (broad SMARTS) is 5. The fraction of sp³-hybridized carbons (Fsp3) is 0.679. The molecule has 96 heavy (non-hydrogen) atoms. The largest absolute Gasteiger partial charge is 0.481 e. The third-order valence-corrected chi connectivity index (χ3v) is 15.0. The van der Waals surface area contributed by atoms with Gasteiger partial charge in [0.15, 0.2) is 5.96 Å². The summed E-state index contributed by atoms with van der Waals surface area (Å²) in [6.45, 7) is 4.83. The molecule has 0 aliphatic rings. The molecule has 0 aromatic rings. The van der Waals surface area contributed by atoms with E-state index < -0.39 is 232 Å². The molecule has 0 aliphatic heterocycles. The van der Waals surface area contributed by atoms with Gasteiger partial charge in [-0.25, -0.2) is 4.79 Å². The van der Waals surface area contributed by atoms with Gasteiger partial charge in [0.05, 0.1) is 19.1 Å². The van der Waals surface area contributed by atoms with Crippen LogP contribution in [0.4, 0.5) is 0 Å². The Balaban J connectivity index is 6.88. The lowest BCUT2D eigenvalue weighted by Gasteiger charge is -2.28. The number of rotatable bonds is 51. The van der Waals surface area contributed by atoms with Crippen molar-refractivity contribution >= 4 is 130 Å². The minimum absolute atomic E-state index is 0.00839. The van der Waals surface area contributed by atoms with Crippen molar-refractivity contribution < 1.29 is 107 Å². The minimum atomic E-state index is -1.88. The van der Waals surface area contributed by atoms with Crippen LogP contribution in [0, 0.1) is 11.8 Å². The Morgan fingerprint density at radius 1 is 0.396 bits per heavy atom. The molecule has 0 rings (SSSR count). The molecule has 542 valence electrons. The number of nitrogens with one attached hydrogen (secondary N) is 11. The molecule has 0 bridgehead atoms. The first kappa shape index (κ1) is 86.9. The standard InChI is InChI=1S/C56H94N16O22S2/c1-27(2)24-37(65-40(75)25-62-46(84)29(57)9-14-38(58)73)54(92)66-30(8-7-21-61-56(59)60)47(85)63-26-39(74)64-31(10-15-41(76)77)48(86)67-33(12-17-43(80)81)50(88)70-35(19-22-95-5)52(90)69-32(11-16-42(78)79)49(87)68-34(13-18-44(82)83)51(89)71-36(20-23-96-6)53(91)72-45(28(3)4)55(93)94/h27-37,45H,7-26,57H2,1-6H3,(H2,58,73)(H,62,84)(H,63,85)(H,64,74)(H,65,75)(H,66,92)(H,67,86)(H,68,87)(H,69,90)(H,70,88)(H,71,89)(H,72,91)(H,76,77)(H,78,79)(H,80,81)(H,82,83)(H,93,94)(H4,59,60,61)/t29-,30-,31-,32-,33-,34-,35-,36-,37-,45-/m0/s1. The number of aliphatic carboxylic acids is 5. The highest BCUT2D eigenvalue weighted by atomic mass is 32.2. The van der Waals surface area contributed by atoms with Crippen LogP contribution in [0.2, 0.25) is 0 Å². The Kier molecular flexibility index (Phi) is 42.5. The van der Waals surface area contributed by atoms with Crippen molar-refractivity contribution in [3.63, 3.8) is 0 Å². The van der Waals surface area contributed by atoms with E-state index >= 15 is 0 Å². The molecular formula is C56H94N16O22S2. The molecule has 0 radical (unpaired) electrons. The highest BCUT2D eigenvalue weighted by Gasteiger charge is 2.36. The second kappa shape index (κ2) is 46.9. The zero-order chi connectivity index (χ0) is 73.4. The van der Waals surface area contributed by atoms with Crippen LogP contribution in [-0.4, -0.2) is 236 Å². The first-order chi connectivity index (χ1) is 44.9. The van der Waals surface area contributed by atoms with Gasteiger partial charge in [-0.3, -0.25) is 81.7 Å². The van der Waals surface area contributed by atoms with Crippen molar-refractivity contribution in [3.8, 4) is 0 Å². The number of guanidine groups is 1. The van der Waals surface area contributed by atoms with E-state index in [-0.39, 0.29) is 74.9 Å². The highest BCUT2D eigenvalue weighted by Crippen LogP contribution is 2.13. The predicted octanol–water partition coefficient (Wildman–Crippen LogP) is -6.02. The van der Waals surface area contributed by atoms with Gasteiger partial charge in [-0.15, -0.1) is 0 Å². The molecule has 0 saturated carbocycles. The van der Waals surface area contributed by atoms with Crippen LogP contribution in [0.15, 0.2) is 4.99 Å². The van der Waals surface area contributed by atoms with E-state index in [1.54, 1.807) is 26.4 Å². The molecule has 0 saturated heterocycles. The third-order valence-electron chi connectivity index (χ3n) is 13.7. The molecule has 12 amide bonds. The Labute approximate surface area is 561 Å². The summed E-state index contributed by atoms with van der Waals surface area (Å²) in [6, 6.07) is -15.8. The van der Waals surface area contributed by atoms with Crippen LogP contribution in [0.25, 0.3) is 0 Å². The molecule has 0 spiro atoms. The van der Waals surface area contributed by atoms with E-state index in [1.807, 2.05) is 0 Å². The summed E-state index contributed by atoms with van der Waals surface area (Å²) in [4.78, 5) is 224.